The molecule has 6 unspecified atom stereocenters. The van der Waals surface area contributed by atoms with Gasteiger partial charge in [0.2, 0.25) is 0 Å². The fraction of sp³-hybridized carbons (Fsp3) is 0.824. The van der Waals surface area contributed by atoms with Gasteiger partial charge in [-0.25, -0.2) is 0 Å². The summed E-state index contributed by atoms with van der Waals surface area (Å²) in [5, 5.41) is 0. The second kappa shape index (κ2) is 5.88. The van der Waals surface area contributed by atoms with Crippen LogP contribution >= 0.6 is 0 Å². The molecule has 0 aromatic heterocycles. The molecular formula is C17H26O3. The summed E-state index contributed by atoms with van der Waals surface area (Å²) in [6, 6.07) is 0. The Morgan fingerprint density at radius 1 is 1.20 bits per heavy atom. The third-order valence-corrected chi connectivity index (χ3v) is 5.54. The number of rotatable bonds is 2. The third-order valence-electron chi connectivity index (χ3n) is 5.54. The lowest BCUT2D eigenvalue weighted by atomic mass is 9.61. The number of esters is 1. The lowest BCUT2D eigenvalue weighted by Gasteiger charge is -2.51. The maximum Gasteiger partial charge on any atom is 0.302 e. The van der Waals surface area contributed by atoms with E-state index in [1.807, 2.05) is 6.08 Å². The molecule has 112 valence electrons. The van der Waals surface area contributed by atoms with E-state index in [1.165, 1.54) is 39.0 Å². The summed E-state index contributed by atoms with van der Waals surface area (Å²) in [6.07, 6.45) is 10.7. The molecule has 20 heavy (non-hydrogen) atoms. The van der Waals surface area contributed by atoms with Gasteiger partial charge >= 0.3 is 5.97 Å². The molecule has 0 radical (unpaired) electrons. The molecule has 1 heterocycles. The quantitative estimate of drug-likeness (QED) is 0.573. The van der Waals surface area contributed by atoms with E-state index >= 15 is 0 Å². The van der Waals surface area contributed by atoms with Crippen LogP contribution in [-0.2, 0) is 14.3 Å². The molecule has 3 heteroatoms. The van der Waals surface area contributed by atoms with Crippen LogP contribution in [0.15, 0.2) is 12.7 Å². The Labute approximate surface area is 121 Å². The van der Waals surface area contributed by atoms with Crippen LogP contribution < -0.4 is 0 Å². The van der Waals surface area contributed by atoms with E-state index in [0.717, 1.165) is 24.7 Å². The van der Waals surface area contributed by atoms with Crippen LogP contribution in [0, 0.1) is 17.8 Å². The molecule has 1 aliphatic heterocycles. The van der Waals surface area contributed by atoms with Crippen molar-refractivity contribution in [2.24, 2.45) is 17.8 Å². The molecule has 3 nitrogen and oxygen atoms in total. The topological polar surface area (TPSA) is 35.5 Å². The molecule has 2 saturated carbocycles. The Morgan fingerprint density at radius 2 is 2.00 bits per heavy atom. The molecule has 2 aliphatic carbocycles. The zero-order chi connectivity index (χ0) is 14.1. The fourth-order valence-corrected chi connectivity index (χ4v) is 4.74. The summed E-state index contributed by atoms with van der Waals surface area (Å²) in [5.74, 6) is 1.92. The number of ether oxygens (including phenoxy) is 2. The van der Waals surface area contributed by atoms with E-state index in [2.05, 4.69) is 6.58 Å². The SMILES string of the molecule is C=CC1CCC2C3CCCCC3CC(OC(C)=O)C2O1. The maximum absolute atomic E-state index is 11.4. The van der Waals surface area contributed by atoms with Crippen molar-refractivity contribution in [1.29, 1.82) is 0 Å². The van der Waals surface area contributed by atoms with Gasteiger partial charge in [0.05, 0.1) is 12.2 Å². The van der Waals surface area contributed by atoms with Gasteiger partial charge in [-0.1, -0.05) is 25.3 Å². The summed E-state index contributed by atoms with van der Waals surface area (Å²) in [7, 11) is 0. The fourth-order valence-electron chi connectivity index (χ4n) is 4.74. The molecule has 0 bridgehead atoms. The maximum atomic E-state index is 11.4. The lowest BCUT2D eigenvalue weighted by Crippen LogP contribution is -2.53. The molecule has 0 spiro atoms. The van der Waals surface area contributed by atoms with Gasteiger partial charge in [0.1, 0.15) is 6.10 Å². The minimum Gasteiger partial charge on any atom is -0.460 e. The Balaban J connectivity index is 1.79. The Morgan fingerprint density at radius 3 is 2.75 bits per heavy atom. The molecule has 1 saturated heterocycles. The first kappa shape index (κ1) is 14.1. The monoisotopic (exact) mass is 278 g/mol. The van der Waals surface area contributed by atoms with E-state index in [4.69, 9.17) is 9.47 Å². The van der Waals surface area contributed by atoms with Crippen molar-refractivity contribution in [2.45, 2.75) is 70.2 Å². The minimum absolute atomic E-state index is 0.0420. The molecule has 6 atom stereocenters. The van der Waals surface area contributed by atoms with Gasteiger partial charge in [-0.15, -0.1) is 6.58 Å². The first-order valence-corrected chi connectivity index (χ1v) is 8.14. The van der Waals surface area contributed by atoms with E-state index in [9.17, 15) is 4.79 Å². The standard InChI is InChI=1S/C17H26O3/c1-3-13-8-9-15-14-7-5-4-6-12(14)10-16(17(15)20-13)19-11(2)18/h3,12-17H,1,4-10H2,2H3. The van der Waals surface area contributed by atoms with Crippen molar-refractivity contribution in [2.75, 3.05) is 0 Å². The number of fused-ring (bicyclic) bond motifs is 3. The highest BCUT2D eigenvalue weighted by Gasteiger charge is 2.49. The summed E-state index contributed by atoms with van der Waals surface area (Å²) in [5.41, 5.74) is 0. The third kappa shape index (κ3) is 2.65. The molecule has 0 N–H and O–H groups in total. The van der Waals surface area contributed by atoms with E-state index in [0.29, 0.717) is 5.92 Å². The van der Waals surface area contributed by atoms with E-state index in [-0.39, 0.29) is 24.3 Å². The van der Waals surface area contributed by atoms with E-state index < -0.39 is 0 Å². The summed E-state index contributed by atoms with van der Waals surface area (Å²) >= 11 is 0. The normalized spacial score (nSPS) is 44.0. The van der Waals surface area contributed by atoms with Crippen molar-refractivity contribution in [3.63, 3.8) is 0 Å². The van der Waals surface area contributed by atoms with Gasteiger partial charge in [-0.3, -0.25) is 4.79 Å². The molecule has 3 fully saturated rings. The van der Waals surface area contributed by atoms with Crippen LogP contribution in [0.2, 0.25) is 0 Å². The molecule has 3 aliphatic rings. The highest BCUT2D eigenvalue weighted by molar-refractivity contribution is 5.66. The molecule has 0 amide bonds. The highest BCUT2D eigenvalue weighted by atomic mass is 16.6. The zero-order valence-electron chi connectivity index (χ0n) is 12.4. The number of carbonyl (C=O) groups excluding carboxylic acids is 1. The Bertz CT molecular complexity index is 378. The molecule has 3 rings (SSSR count). The van der Waals surface area contributed by atoms with Crippen molar-refractivity contribution in [3.05, 3.63) is 12.7 Å². The van der Waals surface area contributed by atoms with Crippen LogP contribution in [-0.4, -0.2) is 24.3 Å². The van der Waals surface area contributed by atoms with Crippen LogP contribution in [0.4, 0.5) is 0 Å². The predicted molar refractivity (Wildman–Crippen MR) is 77.2 cm³/mol. The van der Waals surface area contributed by atoms with Crippen molar-refractivity contribution >= 4 is 5.97 Å². The van der Waals surface area contributed by atoms with Gasteiger partial charge < -0.3 is 9.47 Å². The Hall–Kier alpha value is -0.830. The summed E-state index contributed by atoms with van der Waals surface area (Å²) < 4.78 is 11.8. The zero-order valence-corrected chi connectivity index (χ0v) is 12.4. The second-order valence-electron chi connectivity index (χ2n) is 6.71. The number of hydrogen-bond acceptors (Lipinski definition) is 3. The van der Waals surface area contributed by atoms with Crippen LogP contribution in [0.3, 0.4) is 0 Å². The first-order chi connectivity index (χ1) is 9.69. The highest BCUT2D eigenvalue weighted by Crippen LogP contribution is 2.49. The van der Waals surface area contributed by atoms with Gasteiger partial charge in [0, 0.05) is 6.92 Å². The Kier molecular flexibility index (Phi) is 4.16. The molecule has 0 aromatic carbocycles. The number of hydrogen-bond donors (Lipinski definition) is 0. The molecular weight excluding hydrogens is 252 g/mol. The first-order valence-electron chi connectivity index (χ1n) is 8.14. The smallest absolute Gasteiger partial charge is 0.302 e. The van der Waals surface area contributed by atoms with Gasteiger partial charge in [-0.2, -0.15) is 0 Å². The van der Waals surface area contributed by atoms with Crippen molar-refractivity contribution < 1.29 is 14.3 Å². The molecule has 0 aromatic rings. The van der Waals surface area contributed by atoms with Gasteiger partial charge in [0.25, 0.3) is 0 Å². The van der Waals surface area contributed by atoms with E-state index in [1.54, 1.807) is 0 Å². The van der Waals surface area contributed by atoms with Gasteiger partial charge in [-0.05, 0) is 43.4 Å². The van der Waals surface area contributed by atoms with Crippen molar-refractivity contribution in [1.82, 2.24) is 0 Å². The largest absolute Gasteiger partial charge is 0.460 e. The van der Waals surface area contributed by atoms with Crippen LogP contribution in [0.25, 0.3) is 0 Å². The van der Waals surface area contributed by atoms with Gasteiger partial charge in [0.15, 0.2) is 0 Å². The van der Waals surface area contributed by atoms with Crippen LogP contribution in [0.5, 0.6) is 0 Å². The van der Waals surface area contributed by atoms with Crippen molar-refractivity contribution in [3.8, 4) is 0 Å². The predicted octanol–water partition coefficient (Wildman–Crippen LogP) is 3.48. The average Bonchev–Trinajstić information content (AvgIpc) is 2.46. The summed E-state index contributed by atoms with van der Waals surface area (Å²) in [4.78, 5) is 11.4. The number of carbonyl (C=O) groups is 1. The minimum atomic E-state index is -0.174. The average molecular weight is 278 g/mol. The lowest BCUT2D eigenvalue weighted by molar-refractivity contribution is -0.193. The van der Waals surface area contributed by atoms with Crippen LogP contribution in [0.1, 0.15) is 51.9 Å². The second-order valence-corrected chi connectivity index (χ2v) is 6.71. The summed E-state index contributed by atoms with van der Waals surface area (Å²) in [6.45, 7) is 5.37.